The van der Waals surface area contributed by atoms with Crippen LogP contribution in [0.25, 0.3) is 5.65 Å². The number of hydrogen-bond donors (Lipinski definition) is 2. The van der Waals surface area contributed by atoms with E-state index in [0.717, 1.165) is 23.5 Å². The molecule has 26 heavy (non-hydrogen) atoms. The Morgan fingerprint density at radius 2 is 2.04 bits per heavy atom. The summed E-state index contributed by atoms with van der Waals surface area (Å²) in [5.41, 5.74) is 1.57. The zero-order valence-electron chi connectivity index (χ0n) is 14.3. The molecule has 0 aliphatic heterocycles. The Labute approximate surface area is 168 Å². The Kier molecular flexibility index (Phi) is 5.70. The van der Waals surface area contributed by atoms with Crippen LogP contribution in [-0.4, -0.2) is 33.6 Å². The van der Waals surface area contributed by atoms with Crippen molar-refractivity contribution in [2.45, 2.75) is 24.9 Å². The van der Waals surface area contributed by atoms with Crippen LogP contribution in [0.3, 0.4) is 0 Å². The van der Waals surface area contributed by atoms with Crippen molar-refractivity contribution < 1.29 is 4.39 Å². The lowest BCUT2D eigenvalue weighted by Gasteiger charge is -2.11. The topological polar surface area (TPSA) is 66.6 Å². The first-order chi connectivity index (χ1) is 12.3. The van der Waals surface area contributed by atoms with E-state index in [0.29, 0.717) is 12.5 Å². The molecule has 0 amide bonds. The lowest BCUT2D eigenvalue weighted by Crippen LogP contribution is -2.39. The molecule has 2 atom stereocenters. The van der Waals surface area contributed by atoms with E-state index in [1.165, 1.54) is 6.07 Å². The van der Waals surface area contributed by atoms with Crippen LogP contribution in [0.1, 0.15) is 23.7 Å². The lowest BCUT2D eigenvalue weighted by atomic mass is 10.1. The molecule has 2 N–H and O–H groups in total. The Balaban J connectivity index is 0.00000196. The van der Waals surface area contributed by atoms with Crippen molar-refractivity contribution in [2.24, 2.45) is 4.99 Å². The van der Waals surface area contributed by atoms with Gasteiger partial charge in [0, 0.05) is 25.2 Å². The van der Waals surface area contributed by atoms with Crippen molar-refractivity contribution in [3.8, 4) is 0 Å². The Hall–Kier alpha value is -2.23. The Morgan fingerprint density at radius 1 is 1.23 bits per heavy atom. The third-order valence-electron chi connectivity index (χ3n) is 4.44. The molecule has 1 saturated carbocycles. The van der Waals surface area contributed by atoms with Crippen LogP contribution in [0.5, 0.6) is 0 Å². The fourth-order valence-corrected chi connectivity index (χ4v) is 3.02. The lowest BCUT2D eigenvalue weighted by molar-refractivity contribution is 0.607. The maximum atomic E-state index is 13.9. The molecule has 2 heterocycles. The van der Waals surface area contributed by atoms with Crippen molar-refractivity contribution in [3.63, 3.8) is 0 Å². The monoisotopic (exact) mass is 466 g/mol. The van der Waals surface area contributed by atoms with Gasteiger partial charge in [-0.1, -0.05) is 24.3 Å². The van der Waals surface area contributed by atoms with Gasteiger partial charge in [0.25, 0.3) is 0 Å². The molecule has 1 fully saturated rings. The van der Waals surface area contributed by atoms with Gasteiger partial charge in [-0.05, 0) is 30.2 Å². The normalized spacial score (nSPS) is 19.1. The molecule has 136 valence electrons. The number of aromatic nitrogens is 3. The molecule has 0 saturated heterocycles. The highest BCUT2D eigenvalue weighted by Crippen LogP contribution is 2.41. The highest BCUT2D eigenvalue weighted by Gasteiger charge is 2.40. The first-order valence-electron chi connectivity index (χ1n) is 8.26. The number of halogens is 2. The predicted octanol–water partition coefficient (Wildman–Crippen LogP) is 2.71. The maximum absolute atomic E-state index is 13.9. The maximum Gasteiger partial charge on any atom is 0.191 e. The van der Waals surface area contributed by atoms with Gasteiger partial charge >= 0.3 is 0 Å². The van der Waals surface area contributed by atoms with Gasteiger partial charge in [0.1, 0.15) is 5.82 Å². The Bertz CT molecular complexity index is 925. The van der Waals surface area contributed by atoms with Gasteiger partial charge in [-0.3, -0.25) is 9.39 Å². The second-order valence-corrected chi connectivity index (χ2v) is 6.09. The van der Waals surface area contributed by atoms with Gasteiger partial charge in [0.05, 0.1) is 6.54 Å². The van der Waals surface area contributed by atoms with Crippen LogP contribution in [0.4, 0.5) is 4.39 Å². The van der Waals surface area contributed by atoms with E-state index in [9.17, 15) is 4.39 Å². The van der Waals surface area contributed by atoms with Crippen molar-refractivity contribution in [3.05, 3.63) is 65.9 Å². The quantitative estimate of drug-likeness (QED) is 0.353. The molecule has 3 aromatic rings. The number of benzene rings is 1. The molecule has 1 aromatic carbocycles. The van der Waals surface area contributed by atoms with Crippen LogP contribution < -0.4 is 10.6 Å². The molecular weight excluding hydrogens is 446 g/mol. The number of nitrogens with one attached hydrogen (secondary N) is 2. The van der Waals surface area contributed by atoms with Gasteiger partial charge in [-0.2, -0.15) is 0 Å². The standard InChI is InChI=1S/C18H19FN6.HI/c1-20-18(21-11-17-24-23-16-8-4-5-9-25(16)17)22-15-10-13(15)12-6-2-3-7-14(12)19;/h2-9,13,15H,10-11H2,1H3,(H2,20,21,22);1H. The Morgan fingerprint density at radius 3 is 2.85 bits per heavy atom. The van der Waals surface area contributed by atoms with E-state index < -0.39 is 0 Å². The molecule has 8 heteroatoms. The third-order valence-corrected chi connectivity index (χ3v) is 4.44. The van der Waals surface area contributed by atoms with Crippen molar-refractivity contribution in [2.75, 3.05) is 7.05 Å². The molecule has 1 aliphatic rings. The van der Waals surface area contributed by atoms with E-state index in [-0.39, 0.29) is 41.8 Å². The van der Waals surface area contributed by atoms with E-state index in [2.05, 4.69) is 25.8 Å². The van der Waals surface area contributed by atoms with E-state index in [1.54, 1.807) is 13.1 Å². The highest BCUT2D eigenvalue weighted by molar-refractivity contribution is 14.0. The van der Waals surface area contributed by atoms with E-state index >= 15 is 0 Å². The summed E-state index contributed by atoms with van der Waals surface area (Å²) in [5, 5.41) is 14.9. The highest BCUT2D eigenvalue weighted by atomic mass is 127. The second kappa shape index (κ2) is 7.98. The van der Waals surface area contributed by atoms with Crippen molar-refractivity contribution >= 4 is 35.6 Å². The summed E-state index contributed by atoms with van der Waals surface area (Å²) in [6, 6.07) is 12.9. The summed E-state index contributed by atoms with van der Waals surface area (Å²) in [5.74, 6) is 1.53. The van der Waals surface area contributed by atoms with Crippen molar-refractivity contribution in [1.82, 2.24) is 25.2 Å². The first kappa shape index (κ1) is 18.6. The van der Waals surface area contributed by atoms with E-state index in [4.69, 9.17) is 0 Å². The minimum atomic E-state index is -0.144. The molecule has 0 radical (unpaired) electrons. The fourth-order valence-electron chi connectivity index (χ4n) is 3.02. The van der Waals surface area contributed by atoms with Crippen LogP contribution in [-0.2, 0) is 6.54 Å². The second-order valence-electron chi connectivity index (χ2n) is 6.09. The fraction of sp³-hybridized carbons (Fsp3) is 0.278. The number of fused-ring (bicyclic) bond motifs is 1. The number of rotatable bonds is 4. The number of pyridine rings is 1. The summed E-state index contributed by atoms with van der Waals surface area (Å²) in [6.07, 6.45) is 2.83. The number of aliphatic imine (C=N–C) groups is 1. The first-order valence-corrected chi connectivity index (χ1v) is 8.26. The molecule has 2 unspecified atom stereocenters. The number of nitrogens with zero attached hydrogens (tertiary/aromatic N) is 4. The predicted molar refractivity (Wildman–Crippen MR) is 109 cm³/mol. The number of guanidine groups is 1. The van der Waals surface area contributed by atoms with Gasteiger partial charge in [0.2, 0.25) is 0 Å². The summed E-state index contributed by atoms with van der Waals surface area (Å²) in [7, 11) is 1.72. The van der Waals surface area contributed by atoms with Crippen LogP contribution in [0.2, 0.25) is 0 Å². The summed E-state index contributed by atoms with van der Waals surface area (Å²) < 4.78 is 15.8. The largest absolute Gasteiger partial charge is 0.353 e. The average Bonchev–Trinajstić information content (AvgIpc) is 3.28. The minimum absolute atomic E-state index is 0. The SMILES string of the molecule is CN=C(NCc1nnc2ccccn12)NC1CC1c1ccccc1F.I. The van der Waals surface area contributed by atoms with Gasteiger partial charge in [0.15, 0.2) is 17.4 Å². The van der Waals surface area contributed by atoms with Crippen LogP contribution in [0, 0.1) is 5.82 Å². The summed E-state index contributed by atoms with van der Waals surface area (Å²) >= 11 is 0. The smallest absolute Gasteiger partial charge is 0.191 e. The molecule has 0 spiro atoms. The van der Waals surface area contributed by atoms with Crippen molar-refractivity contribution in [1.29, 1.82) is 0 Å². The zero-order valence-corrected chi connectivity index (χ0v) is 16.6. The summed E-state index contributed by atoms with van der Waals surface area (Å²) in [4.78, 5) is 4.24. The third kappa shape index (κ3) is 3.79. The van der Waals surface area contributed by atoms with Crippen LogP contribution in [0.15, 0.2) is 53.7 Å². The minimum Gasteiger partial charge on any atom is -0.353 e. The van der Waals surface area contributed by atoms with Gasteiger partial charge in [-0.15, -0.1) is 34.2 Å². The molecule has 0 bridgehead atoms. The van der Waals surface area contributed by atoms with E-state index in [1.807, 2.05) is 40.9 Å². The van der Waals surface area contributed by atoms with Crippen LogP contribution >= 0.6 is 24.0 Å². The van der Waals surface area contributed by atoms with Gasteiger partial charge in [-0.25, -0.2) is 4.39 Å². The molecule has 1 aliphatic carbocycles. The van der Waals surface area contributed by atoms with Gasteiger partial charge < -0.3 is 10.6 Å². The summed E-state index contributed by atoms with van der Waals surface area (Å²) in [6.45, 7) is 0.502. The molecular formula is C18H20FIN6. The number of hydrogen-bond acceptors (Lipinski definition) is 3. The molecule has 2 aromatic heterocycles. The average molecular weight is 466 g/mol. The molecule has 4 rings (SSSR count). The molecule has 6 nitrogen and oxygen atoms in total. The zero-order chi connectivity index (χ0) is 17.2.